The molecule has 0 aliphatic heterocycles. The van der Waals surface area contributed by atoms with E-state index in [9.17, 15) is 33.0 Å². The van der Waals surface area contributed by atoms with E-state index in [1.165, 1.54) is 19.2 Å². The first-order valence-corrected chi connectivity index (χ1v) is 15.0. The molecule has 6 N–H and O–H groups in total. The van der Waals surface area contributed by atoms with Crippen molar-refractivity contribution >= 4 is 80.4 Å². The van der Waals surface area contributed by atoms with Gasteiger partial charge >= 0.3 is 18.2 Å². The van der Waals surface area contributed by atoms with Crippen molar-refractivity contribution in [3.05, 3.63) is 106 Å². The SMILES string of the molecule is COc1ccc(NC(=O)Nc2cc3ccccc3cc2O)c(OC)c1.O=C(Nc1cc(C(F)(F)F)ccc1Cl)Nc1ccc(Cl)c(Cl)c1O. The summed E-state index contributed by atoms with van der Waals surface area (Å²) < 4.78 is 48.4. The smallest absolute Gasteiger partial charge is 0.416 e. The van der Waals surface area contributed by atoms with Crippen LogP contribution in [0.1, 0.15) is 5.56 Å². The summed E-state index contributed by atoms with van der Waals surface area (Å²) in [6.45, 7) is 0. The first-order valence-electron chi connectivity index (χ1n) is 13.8. The Morgan fingerprint density at radius 2 is 1.22 bits per heavy atom. The lowest BCUT2D eigenvalue weighted by atomic mass is 10.1. The van der Waals surface area contributed by atoms with Crippen LogP contribution in [0.5, 0.6) is 23.0 Å². The van der Waals surface area contributed by atoms with Gasteiger partial charge in [-0.3, -0.25) is 0 Å². The number of amides is 4. The predicted molar refractivity (Wildman–Crippen MR) is 185 cm³/mol. The largest absolute Gasteiger partial charge is 0.506 e. The molecular weight excluding hydrogens is 712 g/mol. The number of hydrogen-bond acceptors (Lipinski definition) is 6. The molecule has 0 heterocycles. The predicted octanol–water partition coefficient (Wildman–Crippen LogP) is 10.2. The molecule has 0 aliphatic carbocycles. The minimum absolute atomic E-state index is 0.00412. The minimum atomic E-state index is -4.58. The molecule has 0 fully saturated rings. The van der Waals surface area contributed by atoms with E-state index >= 15 is 0 Å². The molecule has 5 rings (SSSR count). The number of fused-ring (bicyclic) bond motifs is 1. The van der Waals surface area contributed by atoms with Crippen LogP contribution in [-0.2, 0) is 6.18 Å². The summed E-state index contributed by atoms with van der Waals surface area (Å²) in [6.07, 6.45) is -4.58. The Labute approximate surface area is 292 Å². The number of ether oxygens (including phenoxy) is 2. The third kappa shape index (κ3) is 9.44. The summed E-state index contributed by atoms with van der Waals surface area (Å²) in [5, 5.41) is 31.2. The van der Waals surface area contributed by atoms with Crippen LogP contribution in [0.4, 0.5) is 45.5 Å². The Kier molecular flexibility index (Phi) is 11.8. The molecule has 0 aliphatic rings. The maximum atomic E-state index is 12.7. The fourth-order valence-corrected chi connectivity index (χ4v) is 4.70. The lowest BCUT2D eigenvalue weighted by Gasteiger charge is -2.13. The Hall–Kier alpha value is -5.24. The number of alkyl halides is 3. The number of benzene rings is 5. The number of aromatic hydroxyl groups is 2. The van der Waals surface area contributed by atoms with Gasteiger partial charge in [-0.1, -0.05) is 59.1 Å². The molecule has 5 aromatic rings. The molecule has 0 atom stereocenters. The molecule has 0 aromatic heterocycles. The van der Waals surface area contributed by atoms with Gasteiger partial charge in [0.1, 0.15) is 22.3 Å². The van der Waals surface area contributed by atoms with Gasteiger partial charge in [-0.2, -0.15) is 13.2 Å². The van der Waals surface area contributed by atoms with Crippen molar-refractivity contribution < 1.29 is 42.4 Å². The lowest BCUT2D eigenvalue weighted by molar-refractivity contribution is -0.137. The Balaban J connectivity index is 0.000000221. The number of anilines is 4. The molecule has 10 nitrogen and oxygen atoms in total. The molecule has 256 valence electrons. The number of nitrogens with one attached hydrogen (secondary N) is 4. The number of methoxy groups -OCH3 is 2. The molecule has 4 amide bonds. The fourth-order valence-electron chi connectivity index (χ4n) is 4.22. The molecule has 16 heteroatoms. The van der Waals surface area contributed by atoms with E-state index in [4.69, 9.17) is 44.3 Å². The number of phenolic OH excluding ortho intramolecular Hbond substituents is 2. The van der Waals surface area contributed by atoms with Gasteiger partial charge < -0.3 is 41.0 Å². The summed E-state index contributed by atoms with van der Waals surface area (Å²) in [7, 11) is 3.06. The first kappa shape index (κ1) is 36.6. The molecule has 0 saturated carbocycles. The number of hydrogen-bond donors (Lipinski definition) is 6. The summed E-state index contributed by atoms with van der Waals surface area (Å²) in [5.74, 6) is 0.609. The van der Waals surface area contributed by atoms with Crippen LogP contribution in [0.2, 0.25) is 15.1 Å². The van der Waals surface area contributed by atoms with E-state index in [1.807, 2.05) is 24.3 Å². The van der Waals surface area contributed by atoms with Crippen molar-refractivity contribution in [3.63, 3.8) is 0 Å². The van der Waals surface area contributed by atoms with E-state index in [2.05, 4.69) is 21.3 Å². The van der Waals surface area contributed by atoms with Crippen molar-refractivity contribution in [1.82, 2.24) is 0 Å². The lowest BCUT2D eigenvalue weighted by Crippen LogP contribution is -2.20. The number of urea groups is 2. The van der Waals surface area contributed by atoms with Crippen molar-refractivity contribution in [2.45, 2.75) is 6.18 Å². The normalized spacial score (nSPS) is 10.8. The summed E-state index contributed by atoms with van der Waals surface area (Å²) in [4.78, 5) is 24.2. The quantitative estimate of drug-likeness (QED) is 0.0959. The van der Waals surface area contributed by atoms with Gasteiger partial charge in [-0.15, -0.1) is 0 Å². The second-order valence-electron chi connectivity index (χ2n) is 9.89. The van der Waals surface area contributed by atoms with Crippen LogP contribution < -0.4 is 30.7 Å². The molecular formula is C33H26Cl3F3N4O6. The van der Waals surface area contributed by atoms with Gasteiger partial charge in [0, 0.05) is 6.07 Å². The molecule has 0 radical (unpaired) electrons. The minimum Gasteiger partial charge on any atom is -0.506 e. The first-order chi connectivity index (χ1) is 23.2. The molecule has 0 bridgehead atoms. The maximum Gasteiger partial charge on any atom is 0.416 e. The van der Waals surface area contributed by atoms with Gasteiger partial charge in [0.25, 0.3) is 0 Å². The third-order valence-corrected chi connectivity index (χ3v) is 7.75. The highest BCUT2D eigenvalue weighted by Gasteiger charge is 2.31. The van der Waals surface area contributed by atoms with Crippen molar-refractivity contribution in [2.75, 3.05) is 35.5 Å². The standard InChI is InChI=1S/C19H18N2O4.C14H8Cl3F3N2O2/c1-24-14-7-8-15(18(11-14)25-2)20-19(23)21-16-9-12-5-3-4-6-13(12)10-17(16)22;15-7-2-1-6(14(18,19)20)5-10(7)22-13(24)21-9-4-3-8(16)11(17)12(9)23/h3-11,22H,1-2H3,(H2,20,21,23);1-5,23H,(H2,21,22,24). The third-order valence-electron chi connectivity index (χ3n) is 6.63. The second-order valence-corrected chi connectivity index (χ2v) is 11.1. The fraction of sp³-hybridized carbons (Fsp3) is 0.0909. The molecule has 0 spiro atoms. The Morgan fingerprint density at radius 1 is 0.653 bits per heavy atom. The Bertz CT molecular complexity index is 2010. The zero-order valence-electron chi connectivity index (χ0n) is 25.4. The molecule has 0 unspecified atom stereocenters. The maximum absolute atomic E-state index is 12.7. The van der Waals surface area contributed by atoms with Crippen molar-refractivity contribution in [1.29, 1.82) is 0 Å². The van der Waals surface area contributed by atoms with E-state index in [0.29, 0.717) is 28.9 Å². The molecule has 5 aromatic carbocycles. The Morgan fingerprint density at radius 3 is 1.86 bits per heavy atom. The van der Waals surface area contributed by atoms with E-state index in [1.54, 1.807) is 37.4 Å². The highest BCUT2D eigenvalue weighted by Crippen LogP contribution is 2.38. The highest BCUT2D eigenvalue weighted by molar-refractivity contribution is 6.43. The average molecular weight is 738 g/mol. The number of halogens is 6. The van der Waals surface area contributed by atoms with Gasteiger partial charge in [-0.25, -0.2) is 9.59 Å². The summed E-state index contributed by atoms with van der Waals surface area (Å²) in [5.41, 5.74) is -0.488. The highest BCUT2D eigenvalue weighted by atomic mass is 35.5. The number of carbonyl (C=O) groups is 2. The molecule has 49 heavy (non-hydrogen) atoms. The van der Waals surface area contributed by atoms with E-state index in [0.717, 1.165) is 22.9 Å². The van der Waals surface area contributed by atoms with Crippen LogP contribution >= 0.6 is 34.8 Å². The zero-order valence-corrected chi connectivity index (χ0v) is 27.6. The van der Waals surface area contributed by atoms with E-state index in [-0.39, 0.29) is 32.2 Å². The van der Waals surface area contributed by atoms with E-state index < -0.39 is 29.6 Å². The van der Waals surface area contributed by atoms with Gasteiger partial charge in [0.15, 0.2) is 5.75 Å². The topological polar surface area (TPSA) is 141 Å². The monoisotopic (exact) mass is 736 g/mol. The van der Waals surface area contributed by atoms with Crippen LogP contribution in [0.15, 0.2) is 84.9 Å². The number of carbonyl (C=O) groups excluding carboxylic acids is 2. The zero-order chi connectivity index (χ0) is 35.9. The van der Waals surface area contributed by atoms with Crippen LogP contribution in [0.25, 0.3) is 10.8 Å². The van der Waals surface area contributed by atoms with Crippen molar-refractivity contribution in [3.8, 4) is 23.0 Å². The van der Waals surface area contributed by atoms with Gasteiger partial charge in [0.05, 0.1) is 52.6 Å². The number of phenols is 2. The van der Waals surface area contributed by atoms with Gasteiger partial charge in [-0.05, 0) is 65.4 Å². The van der Waals surface area contributed by atoms with Gasteiger partial charge in [0.2, 0.25) is 0 Å². The van der Waals surface area contributed by atoms with Crippen LogP contribution in [-0.4, -0.2) is 36.5 Å². The van der Waals surface area contributed by atoms with Crippen LogP contribution in [0.3, 0.4) is 0 Å². The van der Waals surface area contributed by atoms with Crippen LogP contribution in [0, 0.1) is 0 Å². The second kappa shape index (κ2) is 15.8. The summed E-state index contributed by atoms with van der Waals surface area (Å²) in [6, 6.07) is 19.6. The average Bonchev–Trinajstić information content (AvgIpc) is 3.06. The molecule has 0 saturated heterocycles. The van der Waals surface area contributed by atoms with Crippen molar-refractivity contribution in [2.24, 2.45) is 0 Å². The number of rotatable bonds is 6. The summed E-state index contributed by atoms with van der Waals surface area (Å²) >= 11 is 17.2.